The molecule has 0 amide bonds. The van der Waals surface area contributed by atoms with Gasteiger partial charge >= 0.3 is 5.97 Å². The molecule has 0 fully saturated rings. The maximum atomic E-state index is 12.2. The number of ether oxygens (including phenoxy) is 1. The predicted molar refractivity (Wildman–Crippen MR) is 104 cm³/mol. The number of para-hydroxylation sites is 1. The molecule has 0 aliphatic carbocycles. The zero-order valence-electron chi connectivity index (χ0n) is 14.5. The fourth-order valence-corrected chi connectivity index (χ4v) is 2.87. The average Bonchev–Trinajstić information content (AvgIpc) is 2.67. The molecule has 0 saturated carbocycles. The number of hydrogen-bond acceptors (Lipinski definition) is 5. The Bertz CT molecular complexity index is 1130. The van der Waals surface area contributed by atoms with Gasteiger partial charge in [0.25, 0.3) is 5.56 Å². The summed E-state index contributed by atoms with van der Waals surface area (Å²) in [6.45, 7) is 0.158. The highest BCUT2D eigenvalue weighted by Gasteiger charge is 2.21. The lowest BCUT2D eigenvalue weighted by atomic mass is 10.1. The number of carbonyl (C=O) groups is 1. The van der Waals surface area contributed by atoms with Crippen LogP contribution in [0.5, 0.6) is 11.5 Å². The van der Waals surface area contributed by atoms with Gasteiger partial charge in [0.1, 0.15) is 18.2 Å². The third-order valence-electron chi connectivity index (χ3n) is 3.98. The second kappa shape index (κ2) is 7.92. The van der Waals surface area contributed by atoms with Gasteiger partial charge in [0, 0.05) is 7.05 Å². The molecule has 1 heterocycles. The highest BCUT2D eigenvalue weighted by molar-refractivity contribution is 6.42. The van der Waals surface area contributed by atoms with Gasteiger partial charge in [-0.15, -0.1) is 0 Å². The molecule has 2 aromatic carbocycles. The molecule has 0 aliphatic rings. The number of carboxylic acids is 1. The summed E-state index contributed by atoms with van der Waals surface area (Å²) in [6, 6.07) is 11.8. The van der Waals surface area contributed by atoms with E-state index in [1.807, 2.05) is 0 Å². The topological polar surface area (TPSA) is 102 Å². The van der Waals surface area contributed by atoms with Crippen molar-refractivity contribution in [2.24, 2.45) is 7.05 Å². The molecular weight excluding hydrogens is 407 g/mol. The molecule has 1 aromatic heterocycles. The number of carboxylic acid groups (broad SMARTS) is 1. The number of aromatic hydroxyl groups is 1. The molecule has 0 bridgehead atoms. The minimum atomic E-state index is -1.51. The summed E-state index contributed by atoms with van der Waals surface area (Å²) in [7, 11) is 1.38. The van der Waals surface area contributed by atoms with Crippen molar-refractivity contribution >= 4 is 29.2 Å². The summed E-state index contributed by atoms with van der Waals surface area (Å²) < 4.78 is 6.89. The Morgan fingerprint density at radius 2 is 1.89 bits per heavy atom. The molecule has 0 spiro atoms. The molecule has 0 atom stereocenters. The Hall–Kier alpha value is -3.03. The molecule has 28 heavy (non-hydrogen) atoms. The second-order valence-corrected chi connectivity index (χ2v) is 6.65. The standard InChI is InChI=1S/C19H14Cl2N2O5/c1-23-17(22-15(19(26)27)16(24)18(23)25)11-4-2-3-5-14(11)28-9-10-6-7-12(20)13(21)8-10/h2-8,24H,9H2,1H3,(H,26,27). The van der Waals surface area contributed by atoms with Crippen LogP contribution in [-0.4, -0.2) is 25.7 Å². The maximum absolute atomic E-state index is 12.2. The van der Waals surface area contributed by atoms with Gasteiger partial charge < -0.3 is 14.9 Å². The van der Waals surface area contributed by atoms with Gasteiger partial charge in [-0.25, -0.2) is 9.78 Å². The Labute approximate surface area is 169 Å². The van der Waals surface area contributed by atoms with Gasteiger partial charge in [0.15, 0.2) is 5.69 Å². The molecule has 0 aliphatic heterocycles. The largest absolute Gasteiger partial charge is 0.501 e. The Kier molecular flexibility index (Phi) is 5.58. The number of benzene rings is 2. The molecule has 0 radical (unpaired) electrons. The van der Waals surface area contributed by atoms with E-state index >= 15 is 0 Å². The van der Waals surface area contributed by atoms with Crippen molar-refractivity contribution in [2.45, 2.75) is 6.61 Å². The van der Waals surface area contributed by atoms with Crippen molar-refractivity contribution in [1.29, 1.82) is 0 Å². The monoisotopic (exact) mass is 420 g/mol. The maximum Gasteiger partial charge on any atom is 0.358 e. The molecule has 3 rings (SSSR count). The van der Waals surface area contributed by atoms with Crippen LogP contribution in [0.2, 0.25) is 10.0 Å². The third-order valence-corrected chi connectivity index (χ3v) is 4.71. The number of rotatable bonds is 5. The highest BCUT2D eigenvalue weighted by atomic mass is 35.5. The molecular formula is C19H14Cl2N2O5. The molecule has 0 unspecified atom stereocenters. The first-order valence-electron chi connectivity index (χ1n) is 7.99. The SMILES string of the molecule is Cn1c(-c2ccccc2OCc2ccc(Cl)c(Cl)c2)nc(C(=O)O)c(O)c1=O. The molecule has 0 saturated heterocycles. The van der Waals surface area contributed by atoms with Crippen LogP contribution in [0.1, 0.15) is 16.1 Å². The fraction of sp³-hybridized carbons (Fsp3) is 0.105. The summed E-state index contributed by atoms with van der Waals surface area (Å²) >= 11 is 11.9. The van der Waals surface area contributed by atoms with E-state index in [9.17, 15) is 19.8 Å². The van der Waals surface area contributed by atoms with Crippen LogP contribution in [-0.2, 0) is 13.7 Å². The summed E-state index contributed by atoms with van der Waals surface area (Å²) in [5.74, 6) is -2.01. The van der Waals surface area contributed by atoms with Crippen LogP contribution in [0.25, 0.3) is 11.4 Å². The van der Waals surface area contributed by atoms with Gasteiger partial charge in [-0.3, -0.25) is 9.36 Å². The van der Waals surface area contributed by atoms with E-state index in [1.165, 1.54) is 7.05 Å². The minimum Gasteiger partial charge on any atom is -0.501 e. The summed E-state index contributed by atoms with van der Waals surface area (Å²) in [4.78, 5) is 27.4. The quantitative estimate of drug-likeness (QED) is 0.651. The van der Waals surface area contributed by atoms with Crippen molar-refractivity contribution in [1.82, 2.24) is 9.55 Å². The van der Waals surface area contributed by atoms with Crippen LogP contribution in [0.15, 0.2) is 47.3 Å². The number of halogens is 2. The van der Waals surface area contributed by atoms with Crippen LogP contribution < -0.4 is 10.3 Å². The first-order valence-corrected chi connectivity index (χ1v) is 8.74. The Morgan fingerprint density at radius 3 is 2.57 bits per heavy atom. The third kappa shape index (κ3) is 3.81. The van der Waals surface area contributed by atoms with Crippen molar-refractivity contribution in [2.75, 3.05) is 0 Å². The first kappa shape index (κ1) is 19.7. The Morgan fingerprint density at radius 1 is 1.18 bits per heavy atom. The lowest BCUT2D eigenvalue weighted by molar-refractivity contribution is 0.0686. The summed E-state index contributed by atoms with van der Waals surface area (Å²) in [5.41, 5.74) is -0.438. The van der Waals surface area contributed by atoms with Gasteiger partial charge in [0.05, 0.1) is 15.6 Å². The van der Waals surface area contributed by atoms with Crippen LogP contribution in [0.4, 0.5) is 0 Å². The average molecular weight is 421 g/mol. The van der Waals surface area contributed by atoms with E-state index in [2.05, 4.69) is 4.98 Å². The van der Waals surface area contributed by atoms with Crippen molar-refractivity contribution < 1.29 is 19.7 Å². The van der Waals surface area contributed by atoms with Crippen LogP contribution in [0.3, 0.4) is 0 Å². The fourth-order valence-electron chi connectivity index (χ4n) is 2.55. The lowest BCUT2D eigenvalue weighted by Gasteiger charge is -2.14. The van der Waals surface area contributed by atoms with E-state index < -0.39 is 23.0 Å². The number of nitrogens with zero attached hydrogens (tertiary/aromatic N) is 2. The van der Waals surface area contributed by atoms with E-state index in [-0.39, 0.29) is 12.4 Å². The summed E-state index contributed by atoms with van der Waals surface area (Å²) in [6.07, 6.45) is 0. The van der Waals surface area contributed by atoms with Gasteiger partial charge in [-0.2, -0.15) is 0 Å². The predicted octanol–water partition coefficient (Wildman–Crippen LogP) is 3.74. The lowest BCUT2D eigenvalue weighted by Crippen LogP contribution is -2.23. The van der Waals surface area contributed by atoms with Crippen molar-refractivity contribution in [3.8, 4) is 22.9 Å². The summed E-state index contributed by atoms with van der Waals surface area (Å²) in [5, 5.41) is 19.8. The Balaban J connectivity index is 2.02. The van der Waals surface area contributed by atoms with E-state index in [4.69, 9.17) is 27.9 Å². The smallest absolute Gasteiger partial charge is 0.358 e. The molecule has 9 heteroatoms. The van der Waals surface area contributed by atoms with Crippen LogP contribution >= 0.6 is 23.2 Å². The van der Waals surface area contributed by atoms with E-state index in [1.54, 1.807) is 42.5 Å². The van der Waals surface area contributed by atoms with Crippen molar-refractivity contribution in [3.05, 3.63) is 74.1 Å². The van der Waals surface area contributed by atoms with E-state index in [0.29, 0.717) is 21.4 Å². The number of aromatic nitrogens is 2. The van der Waals surface area contributed by atoms with E-state index in [0.717, 1.165) is 10.1 Å². The second-order valence-electron chi connectivity index (χ2n) is 5.84. The zero-order valence-corrected chi connectivity index (χ0v) is 16.0. The molecule has 7 nitrogen and oxygen atoms in total. The zero-order chi connectivity index (χ0) is 20.4. The van der Waals surface area contributed by atoms with Gasteiger partial charge in [0.2, 0.25) is 5.75 Å². The highest BCUT2D eigenvalue weighted by Crippen LogP contribution is 2.30. The van der Waals surface area contributed by atoms with Crippen molar-refractivity contribution in [3.63, 3.8) is 0 Å². The van der Waals surface area contributed by atoms with Gasteiger partial charge in [-0.05, 0) is 29.8 Å². The minimum absolute atomic E-state index is 0.0462. The first-order chi connectivity index (χ1) is 13.3. The number of hydrogen-bond donors (Lipinski definition) is 2. The molecule has 144 valence electrons. The molecule has 3 aromatic rings. The number of aromatic carboxylic acids is 1. The normalized spacial score (nSPS) is 10.7. The molecule has 2 N–H and O–H groups in total. The van der Waals surface area contributed by atoms with Crippen LogP contribution in [0, 0.1) is 0 Å². The van der Waals surface area contributed by atoms with Gasteiger partial charge in [-0.1, -0.05) is 41.4 Å².